The van der Waals surface area contributed by atoms with Crippen molar-refractivity contribution in [2.75, 3.05) is 15.5 Å². The Morgan fingerprint density at radius 2 is 1.59 bits per heavy atom. The molecule has 37 heavy (non-hydrogen) atoms. The fourth-order valence-corrected chi connectivity index (χ4v) is 3.90. The number of carbonyl (C=O) groups is 4. The zero-order chi connectivity index (χ0) is 26.7. The molecule has 3 amide bonds. The molecule has 0 bridgehead atoms. The van der Waals surface area contributed by atoms with E-state index in [1.165, 1.54) is 18.2 Å². The Labute approximate surface area is 222 Å². The second kappa shape index (κ2) is 10.9. The monoisotopic (exact) mass is 537 g/mol. The summed E-state index contributed by atoms with van der Waals surface area (Å²) in [4.78, 5) is 52.0. The highest BCUT2D eigenvalue weighted by atomic mass is 35.5. The Balaban J connectivity index is 1.53. The lowest BCUT2D eigenvalue weighted by Gasteiger charge is -2.15. The van der Waals surface area contributed by atoms with E-state index < -0.39 is 23.7 Å². The van der Waals surface area contributed by atoms with Gasteiger partial charge in [-0.1, -0.05) is 41.4 Å². The van der Waals surface area contributed by atoms with Crippen LogP contribution in [0.1, 0.15) is 34.6 Å². The van der Waals surface area contributed by atoms with Crippen molar-refractivity contribution in [2.45, 2.75) is 20.0 Å². The van der Waals surface area contributed by atoms with Crippen LogP contribution >= 0.6 is 23.2 Å². The summed E-state index contributed by atoms with van der Waals surface area (Å²) in [6, 6.07) is 18.9. The van der Waals surface area contributed by atoms with Crippen LogP contribution in [-0.4, -0.2) is 29.8 Å². The Morgan fingerprint density at radius 3 is 2.30 bits per heavy atom. The number of halogens is 2. The number of benzene rings is 3. The van der Waals surface area contributed by atoms with E-state index >= 15 is 0 Å². The third-order valence-electron chi connectivity index (χ3n) is 5.24. The molecule has 0 unspecified atom stereocenters. The van der Waals surface area contributed by atoms with Crippen molar-refractivity contribution in [3.05, 3.63) is 99.7 Å². The number of nitrogens with zero attached hydrogens (tertiary/aromatic N) is 1. The van der Waals surface area contributed by atoms with Crippen LogP contribution in [0, 0.1) is 0 Å². The molecule has 1 heterocycles. The van der Waals surface area contributed by atoms with Gasteiger partial charge in [0.2, 0.25) is 0 Å². The normalized spacial score (nSPS) is 13.3. The number of hydrogen-bond donors (Lipinski definition) is 2. The standard InChI is InChI=1S/C27H21Cl2N3O5/c1-15(2)37-27(36)20-8-3-4-9-21(20)31-24(33)16-6-5-7-18(14-16)30-23-22(29)25(34)32(26(23)35)19-12-10-17(28)11-13-19/h3-15,30H,1-2H3,(H,31,33). The highest BCUT2D eigenvalue weighted by Crippen LogP contribution is 2.31. The SMILES string of the molecule is CC(C)OC(=O)c1ccccc1NC(=O)c1cccc(NC2=C(Cl)C(=O)N(c3ccc(Cl)cc3)C2=O)c1. The first-order valence-corrected chi connectivity index (χ1v) is 11.9. The quantitative estimate of drug-likeness (QED) is 0.300. The van der Waals surface area contributed by atoms with Gasteiger partial charge in [0, 0.05) is 16.3 Å². The second-order valence-corrected chi connectivity index (χ2v) is 9.09. The number of hydrogen-bond acceptors (Lipinski definition) is 6. The van der Waals surface area contributed by atoms with Gasteiger partial charge in [0.15, 0.2) is 0 Å². The van der Waals surface area contributed by atoms with Gasteiger partial charge in [-0.25, -0.2) is 9.69 Å². The van der Waals surface area contributed by atoms with Gasteiger partial charge < -0.3 is 15.4 Å². The highest BCUT2D eigenvalue weighted by molar-refractivity contribution is 6.53. The number of esters is 1. The average Bonchev–Trinajstić information content (AvgIpc) is 3.07. The van der Waals surface area contributed by atoms with E-state index in [0.717, 1.165) is 4.90 Å². The van der Waals surface area contributed by atoms with Crippen LogP contribution in [0.3, 0.4) is 0 Å². The van der Waals surface area contributed by atoms with Gasteiger partial charge in [0.1, 0.15) is 10.7 Å². The third-order valence-corrected chi connectivity index (χ3v) is 5.85. The maximum absolute atomic E-state index is 13.0. The van der Waals surface area contributed by atoms with E-state index in [4.69, 9.17) is 27.9 Å². The third kappa shape index (κ3) is 5.66. The largest absolute Gasteiger partial charge is 0.459 e. The van der Waals surface area contributed by atoms with E-state index in [0.29, 0.717) is 16.4 Å². The van der Waals surface area contributed by atoms with Crippen LogP contribution in [0.25, 0.3) is 0 Å². The minimum atomic E-state index is -0.685. The lowest BCUT2D eigenvalue weighted by Crippen LogP contribution is -2.32. The number of imide groups is 1. The fraction of sp³-hybridized carbons (Fsp3) is 0.111. The molecule has 188 valence electrons. The van der Waals surface area contributed by atoms with Gasteiger partial charge in [-0.3, -0.25) is 14.4 Å². The van der Waals surface area contributed by atoms with Gasteiger partial charge in [0.05, 0.1) is 23.0 Å². The summed E-state index contributed by atoms with van der Waals surface area (Å²) in [6.45, 7) is 3.47. The molecule has 0 fully saturated rings. The minimum absolute atomic E-state index is 0.124. The lowest BCUT2D eigenvalue weighted by atomic mass is 10.1. The molecule has 1 aliphatic rings. The summed E-state index contributed by atoms with van der Waals surface area (Å²) >= 11 is 12.1. The summed E-state index contributed by atoms with van der Waals surface area (Å²) in [7, 11) is 0. The molecule has 0 atom stereocenters. The molecular weight excluding hydrogens is 517 g/mol. The number of rotatable bonds is 7. The zero-order valence-corrected chi connectivity index (χ0v) is 21.3. The number of ether oxygens (including phenoxy) is 1. The van der Waals surface area contributed by atoms with E-state index in [1.807, 2.05) is 0 Å². The number of anilines is 3. The van der Waals surface area contributed by atoms with Crippen molar-refractivity contribution < 1.29 is 23.9 Å². The Morgan fingerprint density at radius 1 is 0.892 bits per heavy atom. The molecule has 0 spiro atoms. The molecule has 4 rings (SSSR count). The Kier molecular flexibility index (Phi) is 7.61. The molecular formula is C27H21Cl2N3O5. The summed E-state index contributed by atoms with van der Waals surface area (Å²) in [5, 5.41) is 5.73. The molecule has 10 heteroatoms. The number of para-hydroxylation sites is 1. The minimum Gasteiger partial charge on any atom is -0.459 e. The zero-order valence-electron chi connectivity index (χ0n) is 19.7. The van der Waals surface area contributed by atoms with E-state index in [2.05, 4.69) is 10.6 Å². The predicted octanol–water partition coefficient (Wildman–Crippen LogP) is 5.59. The summed E-state index contributed by atoms with van der Waals surface area (Å²) < 4.78 is 5.25. The van der Waals surface area contributed by atoms with Crippen molar-refractivity contribution in [3.8, 4) is 0 Å². The van der Waals surface area contributed by atoms with Crippen molar-refractivity contribution in [1.82, 2.24) is 0 Å². The first kappa shape index (κ1) is 25.9. The number of carbonyl (C=O) groups excluding carboxylic acids is 4. The molecule has 3 aromatic carbocycles. The van der Waals surface area contributed by atoms with Gasteiger partial charge in [-0.15, -0.1) is 0 Å². The summed E-state index contributed by atoms with van der Waals surface area (Å²) in [5.74, 6) is -2.39. The molecule has 1 aliphatic heterocycles. The molecule has 3 aromatic rings. The van der Waals surface area contributed by atoms with Crippen LogP contribution in [0.4, 0.5) is 17.1 Å². The maximum atomic E-state index is 13.0. The van der Waals surface area contributed by atoms with Crippen molar-refractivity contribution in [1.29, 1.82) is 0 Å². The van der Waals surface area contributed by atoms with Gasteiger partial charge >= 0.3 is 5.97 Å². The highest BCUT2D eigenvalue weighted by Gasteiger charge is 2.39. The van der Waals surface area contributed by atoms with E-state index in [-0.39, 0.29) is 33.6 Å². The van der Waals surface area contributed by atoms with E-state index in [1.54, 1.807) is 68.4 Å². The molecule has 0 radical (unpaired) electrons. The van der Waals surface area contributed by atoms with Crippen LogP contribution in [0.15, 0.2) is 83.5 Å². The van der Waals surface area contributed by atoms with Gasteiger partial charge in [0.25, 0.3) is 17.7 Å². The predicted molar refractivity (Wildman–Crippen MR) is 142 cm³/mol. The first-order chi connectivity index (χ1) is 17.7. The Hall–Kier alpha value is -4.14. The average molecular weight is 538 g/mol. The van der Waals surface area contributed by atoms with Gasteiger partial charge in [-0.05, 0) is 68.4 Å². The molecule has 0 saturated carbocycles. The fourth-order valence-electron chi connectivity index (χ4n) is 3.56. The molecule has 0 saturated heterocycles. The summed E-state index contributed by atoms with van der Waals surface area (Å²) in [6.07, 6.45) is -0.319. The van der Waals surface area contributed by atoms with Crippen molar-refractivity contribution >= 4 is 64.0 Å². The number of nitrogens with one attached hydrogen (secondary N) is 2. The molecule has 8 nitrogen and oxygen atoms in total. The second-order valence-electron chi connectivity index (χ2n) is 8.27. The molecule has 2 N–H and O–H groups in total. The van der Waals surface area contributed by atoms with Crippen LogP contribution < -0.4 is 15.5 Å². The first-order valence-electron chi connectivity index (χ1n) is 11.2. The van der Waals surface area contributed by atoms with Crippen LogP contribution in [0.5, 0.6) is 0 Å². The molecule has 0 aliphatic carbocycles. The smallest absolute Gasteiger partial charge is 0.340 e. The van der Waals surface area contributed by atoms with Crippen LogP contribution in [-0.2, 0) is 14.3 Å². The van der Waals surface area contributed by atoms with Crippen molar-refractivity contribution in [3.63, 3.8) is 0 Å². The molecule has 0 aromatic heterocycles. The number of amides is 3. The van der Waals surface area contributed by atoms with Gasteiger partial charge in [-0.2, -0.15) is 0 Å². The summed E-state index contributed by atoms with van der Waals surface area (Å²) in [5.41, 5.74) is 1.29. The van der Waals surface area contributed by atoms with Crippen molar-refractivity contribution in [2.24, 2.45) is 0 Å². The topological polar surface area (TPSA) is 105 Å². The van der Waals surface area contributed by atoms with Crippen LogP contribution in [0.2, 0.25) is 5.02 Å². The Bertz CT molecular complexity index is 1430. The van der Waals surface area contributed by atoms with E-state index in [9.17, 15) is 19.2 Å². The maximum Gasteiger partial charge on any atom is 0.340 e. The lowest BCUT2D eigenvalue weighted by molar-refractivity contribution is -0.120.